The van der Waals surface area contributed by atoms with Crippen LogP contribution in [0, 0.1) is 0 Å². The van der Waals surface area contributed by atoms with E-state index in [1.165, 1.54) is 26.2 Å². The maximum atomic E-state index is 12.4. The molecule has 5 nitrogen and oxygen atoms in total. The van der Waals surface area contributed by atoms with Crippen LogP contribution >= 0.6 is 0 Å². The van der Waals surface area contributed by atoms with Crippen molar-refractivity contribution < 1.29 is 32.2 Å². The van der Waals surface area contributed by atoms with Crippen molar-refractivity contribution in [3.8, 4) is 11.5 Å². The quantitative estimate of drug-likeness (QED) is 0.641. The Kier molecular flexibility index (Phi) is 6.41. The lowest BCUT2D eigenvalue weighted by molar-refractivity contribution is -0.189. The van der Waals surface area contributed by atoms with Gasteiger partial charge < -0.3 is 14.8 Å². The Labute approximate surface area is 131 Å². The van der Waals surface area contributed by atoms with Crippen molar-refractivity contribution in [2.75, 3.05) is 13.7 Å². The van der Waals surface area contributed by atoms with Gasteiger partial charge in [-0.15, -0.1) is 0 Å². The summed E-state index contributed by atoms with van der Waals surface area (Å²) in [7, 11) is 1.44. The molecule has 23 heavy (non-hydrogen) atoms. The number of halogens is 3. The number of hydrogen-bond donors (Lipinski definition) is 1. The molecule has 1 aromatic rings. The van der Waals surface area contributed by atoms with Crippen LogP contribution < -0.4 is 14.8 Å². The Morgan fingerprint density at radius 2 is 1.78 bits per heavy atom. The van der Waals surface area contributed by atoms with Gasteiger partial charge in [0.1, 0.15) is 11.5 Å². The minimum absolute atomic E-state index is 0.185. The molecule has 0 atom stereocenters. The molecule has 128 valence electrons. The van der Waals surface area contributed by atoms with Crippen LogP contribution in [-0.4, -0.2) is 31.7 Å². The molecule has 0 aromatic heterocycles. The van der Waals surface area contributed by atoms with Crippen LogP contribution in [0.5, 0.6) is 11.5 Å². The second-order valence-corrected chi connectivity index (χ2v) is 4.75. The fraction of sp³-hybridized carbons (Fsp3) is 0.467. The van der Waals surface area contributed by atoms with E-state index in [0.717, 1.165) is 0 Å². The third-order valence-electron chi connectivity index (χ3n) is 3.05. The van der Waals surface area contributed by atoms with Crippen molar-refractivity contribution in [1.29, 1.82) is 0 Å². The lowest BCUT2D eigenvalue weighted by atomic mass is 10.0. The van der Waals surface area contributed by atoms with Gasteiger partial charge in [-0.05, 0) is 30.5 Å². The number of methoxy groups -OCH3 is 1. The number of esters is 1. The summed E-state index contributed by atoms with van der Waals surface area (Å²) in [5, 5.41) is 2.53. The Bertz CT molecular complexity index is 585. The Morgan fingerprint density at radius 1 is 1.17 bits per heavy atom. The molecule has 1 rings (SSSR count). The molecular formula is C15H18F3NO4. The summed E-state index contributed by atoms with van der Waals surface area (Å²) in [6.07, 6.45) is -4.40. The molecule has 0 heterocycles. The smallest absolute Gasteiger partial charge is 0.491 e. The summed E-state index contributed by atoms with van der Waals surface area (Å²) < 4.78 is 46.8. The molecule has 1 amide bonds. The molecule has 0 bridgehead atoms. The summed E-state index contributed by atoms with van der Waals surface area (Å²) in [4.78, 5) is 22.0. The number of carbonyl (C=O) groups excluding carboxylic acids is 2. The molecule has 0 unspecified atom stereocenters. The molecule has 0 fully saturated rings. The van der Waals surface area contributed by atoms with Crippen LogP contribution in [0.4, 0.5) is 13.2 Å². The van der Waals surface area contributed by atoms with E-state index >= 15 is 0 Å². The average Bonchev–Trinajstić information content (AvgIpc) is 2.46. The molecule has 0 radical (unpaired) electrons. The van der Waals surface area contributed by atoms with Crippen LogP contribution in [-0.2, 0) is 22.4 Å². The van der Waals surface area contributed by atoms with Crippen molar-refractivity contribution >= 4 is 11.9 Å². The molecular weight excluding hydrogens is 315 g/mol. The van der Waals surface area contributed by atoms with Crippen molar-refractivity contribution in [3.63, 3.8) is 0 Å². The van der Waals surface area contributed by atoms with Gasteiger partial charge >= 0.3 is 12.1 Å². The number of rotatable bonds is 6. The number of aryl methyl sites for hydroxylation is 1. The maximum absolute atomic E-state index is 12.4. The topological polar surface area (TPSA) is 64.6 Å². The van der Waals surface area contributed by atoms with Gasteiger partial charge in [0.05, 0.1) is 7.11 Å². The van der Waals surface area contributed by atoms with Crippen LogP contribution in [0.1, 0.15) is 25.0 Å². The number of ether oxygens (including phenoxy) is 2. The van der Waals surface area contributed by atoms with Gasteiger partial charge in [0, 0.05) is 19.0 Å². The number of alkyl halides is 3. The van der Waals surface area contributed by atoms with Gasteiger partial charge in [-0.1, -0.05) is 6.92 Å². The first kappa shape index (κ1) is 18.8. The van der Waals surface area contributed by atoms with Crippen LogP contribution in [0.3, 0.4) is 0 Å². The van der Waals surface area contributed by atoms with E-state index in [-0.39, 0.29) is 24.6 Å². The zero-order valence-corrected chi connectivity index (χ0v) is 13.0. The highest BCUT2D eigenvalue weighted by atomic mass is 19.4. The summed E-state index contributed by atoms with van der Waals surface area (Å²) in [6.45, 7) is 3.32. The largest absolute Gasteiger partial charge is 0.496 e. The Balaban J connectivity index is 3.12. The normalized spacial score (nSPS) is 11.0. The molecule has 1 aromatic carbocycles. The zero-order valence-electron chi connectivity index (χ0n) is 13.0. The highest BCUT2D eigenvalue weighted by molar-refractivity contribution is 5.78. The number of carbonyl (C=O) groups is 2. The number of nitrogens with one attached hydrogen (secondary N) is 1. The van der Waals surface area contributed by atoms with E-state index in [1.807, 2.05) is 0 Å². The fourth-order valence-corrected chi connectivity index (χ4v) is 1.93. The second-order valence-electron chi connectivity index (χ2n) is 4.75. The van der Waals surface area contributed by atoms with Gasteiger partial charge in [0.15, 0.2) is 0 Å². The highest BCUT2D eigenvalue weighted by Crippen LogP contribution is 2.31. The summed E-state index contributed by atoms with van der Waals surface area (Å²) in [6, 6.07) is 2.87. The summed E-state index contributed by atoms with van der Waals surface area (Å²) in [5.41, 5.74) is 0.950. The van der Waals surface area contributed by atoms with Crippen molar-refractivity contribution in [2.24, 2.45) is 0 Å². The predicted molar refractivity (Wildman–Crippen MR) is 76.4 cm³/mol. The number of hydrogen-bond acceptors (Lipinski definition) is 4. The zero-order chi connectivity index (χ0) is 17.6. The first-order valence-corrected chi connectivity index (χ1v) is 6.92. The molecule has 0 aliphatic heterocycles. The third-order valence-corrected chi connectivity index (χ3v) is 3.05. The Hall–Kier alpha value is -2.25. The van der Waals surface area contributed by atoms with Crippen LogP contribution in [0.15, 0.2) is 12.1 Å². The van der Waals surface area contributed by atoms with Gasteiger partial charge in [-0.3, -0.25) is 4.79 Å². The first-order valence-electron chi connectivity index (χ1n) is 6.92. The molecule has 0 aliphatic rings. The van der Waals surface area contributed by atoms with Gasteiger partial charge in [0.2, 0.25) is 5.91 Å². The van der Waals surface area contributed by atoms with Crippen molar-refractivity contribution in [1.82, 2.24) is 5.32 Å². The minimum Gasteiger partial charge on any atom is -0.496 e. The van der Waals surface area contributed by atoms with E-state index < -0.39 is 12.1 Å². The number of amides is 1. The van der Waals surface area contributed by atoms with Gasteiger partial charge in [0.25, 0.3) is 0 Å². The monoisotopic (exact) mass is 333 g/mol. The summed E-state index contributed by atoms with van der Waals surface area (Å²) in [5.74, 6) is -2.26. The fourth-order valence-electron chi connectivity index (χ4n) is 1.93. The van der Waals surface area contributed by atoms with E-state index in [9.17, 15) is 22.8 Å². The molecule has 0 saturated carbocycles. The predicted octanol–water partition coefficient (Wildman–Crippen LogP) is 2.40. The lowest BCUT2D eigenvalue weighted by Crippen LogP contribution is -2.28. The van der Waals surface area contributed by atoms with Gasteiger partial charge in [-0.2, -0.15) is 13.2 Å². The molecule has 0 spiro atoms. The van der Waals surface area contributed by atoms with Gasteiger partial charge in [-0.25, -0.2) is 4.79 Å². The SMILES string of the molecule is CCc1cc(OC(=O)C(F)(F)F)c(CCNC(C)=O)cc1OC. The number of benzene rings is 1. The average molecular weight is 333 g/mol. The molecule has 8 heteroatoms. The van der Waals surface area contributed by atoms with Crippen molar-refractivity contribution in [3.05, 3.63) is 23.3 Å². The lowest BCUT2D eigenvalue weighted by Gasteiger charge is -2.16. The first-order chi connectivity index (χ1) is 10.7. The molecule has 0 saturated heterocycles. The highest BCUT2D eigenvalue weighted by Gasteiger charge is 2.41. The third kappa shape index (κ3) is 5.46. The summed E-state index contributed by atoms with van der Waals surface area (Å²) >= 11 is 0. The molecule has 1 N–H and O–H groups in total. The maximum Gasteiger partial charge on any atom is 0.491 e. The molecule has 0 aliphatic carbocycles. The van der Waals surface area contributed by atoms with Crippen LogP contribution in [0.2, 0.25) is 0 Å². The van der Waals surface area contributed by atoms with Crippen molar-refractivity contribution in [2.45, 2.75) is 32.9 Å². The standard InChI is InChI=1S/C15H18F3NO4/c1-4-10-7-13(23-14(21)15(16,17)18)11(8-12(10)22-3)5-6-19-9(2)20/h7-8H,4-6H2,1-3H3,(H,19,20). The van der Waals surface area contributed by atoms with E-state index in [0.29, 0.717) is 23.3 Å². The van der Waals surface area contributed by atoms with E-state index in [4.69, 9.17) is 4.74 Å². The van der Waals surface area contributed by atoms with Crippen LogP contribution in [0.25, 0.3) is 0 Å². The van der Waals surface area contributed by atoms with E-state index in [1.54, 1.807) is 6.92 Å². The van der Waals surface area contributed by atoms with E-state index in [2.05, 4.69) is 10.1 Å². The minimum atomic E-state index is -5.08. The second kappa shape index (κ2) is 7.85. The Morgan fingerprint density at radius 3 is 2.26 bits per heavy atom.